The van der Waals surface area contributed by atoms with Crippen molar-refractivity contribution >= 4 is 5.78 Å². The quantitative estimate of drug-likeness (QED) is 0.716. The van der Waals surface area contributed by atoms with Crippen LogP contribution in [0.15, 0.2) is 36.7 Å². The molecule has 0 aromatic carbocycles. The highest BCUT2D eigenvalue weighted by Crippen LogP contribution is 2.25. The van der Waals surface area contributed by atoms with E-state index in [2.05, 4.69) is 22.1 Å². The summed E-state index contributed by atoms with van der Waals surface area (Å²) in [4.78, 5) is 20.7. The molecule has 132 valence electrons. The minimum Gasteiger partial charge on any atom is -0.300 e. The van der Waals surface area contributed by atoms with Gasteiger partial charge in [0.2, 0.25) is 0 Å². The average molecular weight is 346 g/mol. The molecule has 0 aliphatic rings. The molecule has 0 amide bonds. The summed E-state index contributed by atoms with van der Waals surface area (Å²) < 4.78 is 0. The van der Waals surface area contributed by atoms with Crippen LogP contribution in [0.1, 0.15) is 60.0 Å². The fourth-order valence-electron chi connectivity index (χ4n) is 3.04. The van der Waals surface area contributed by atoms with E-state index in [1.807, 2.05) is 38.1 Å². The van der Waals surface area contributed by atoms with Gasteiger partial charge in [0.15, 0.2) is 0 Å². The van der Waals surface area contributed by atoms with Crippen molar-refractivity contribution in [3.8, 4) is 12.1 Å². The molecular formula is C21H22N4O. The van der Waals surface area contributed by atoms with E-state index in [9.17, 15) is 15.3 Å². The van der Waals surface area contributed by atoms with E-state index in [1.165, 1.54) is 0 Å². The molecule has 0 aliphatic heterocycles. The molecule has 0 aliphatic carbocycles. The Bertz CT molecular complexity index is 778. The van der Waals surface area contributed by atoms with Crippen LogP contribution in [0.5, 0.6) is 0 Å². The van der Waals surface area contributed by atoms with Crippen molar-refractivity contribution in [1.82, 2.24) is 9.97 Å². The first-order valence-electron chi connectivity index (χ1n) is 8.70. The van der Waals surface area contributed by atoms with Gasteiger partial charge in [-0.3, -0.25) is 14.8 Å². The third-order valence-electron chi connectivity index (χ3n) is 4.58. The van der Waals surface area contributed by atoms with Crippen molar-refractivity contribution in [3.05, 3.63) is 59.2 Å². The zero-order valence-corrected chi connectivity index (χ0v) is 15.1. The summed E-state index contributed by atoms with van der Waals surface area (Å²) in [6.45, 7) is 3.74. The summed E-state index contributed by atoms with van der Waals surface area (Å²) in [5.41, 5.74) is 3.40. The molecule has 2 rings (SSSR count). The first-order chi connectivity index (χ1) is 12.6. The zero-order chi connectivity index (χ0) is 18.9. The average Bonchev–Trinajstić information content (AvgIpc) is 2.65. The summed E-state index contributed by atoms with van der Waals surface area (Å²) in [5, 5.41) is 18.8. The summed E-state index contributed by atoms with van der Waals surface area (Å²) in [7, 11) is 0. The SMILES string of the molecule is Cc1ncccc1C(C#N)CCC(=O)CCC(C#N)c1cccnc1C. The Hall–Kier alpha value is -3.05. The van der Waals surface area contributed by atoms with E-state index in [4.69, 9.17) is 0 Å². The molecule has 0 saturated heterocycles. The molecule has 2 aromatic heterocycles. The maximum Gasteiger partial charge on any atom is 0.133 e. The van der Waals surface area contributed by atoms with Crippen LogP contribution in [0.2, 0.25) is 0 Å². The molecule has 0 saturated carbocycles. The second-order valence-corrected chi connectivity index (χ2v) is 6.34. The molecule has 0 bridgehead atoms. The Balaban J connectivity index is 1.90. The Kier molecular flexibility index (Phi) is 7.00. The maximum absolute atomic E-state index is 12.3. The van der Waals surface area contributed by atoms with Crippen LogP contribution in [-0.2, 0) is 4.79 Å². The van der Waals surface area contributed by atoms with Crippen LogP contribution in [0.4, 0.5) is 0 Å². The lowest BCUT2D eigenvalue weighted by Gasteiger charge is -2.13. The van der Waals surface area contributed by atoms with E-state index < -0.39 is 0 Å². The third-order valence-corrected chi connectivity index (χ3v) is 4.58. The smallest absolute Gasteiger partial charge is 0.133 e. The maximum atomic E-state index is 12.3. The van der Waals surface area contributed by atoms with Crippen LogP contribution in [0, 0.1) is 36.5 Å². The lowest BCUT2D eigenvalue weighted by atomic mass is 9.90. The van der Waals surface area contributed by atoms with Gasteiger partial charge in [-0.1, -0.05) is 12.1 Å². The van der Waals surface area contributed by atoms with E-state index in [0.29, 0.717) is 25.7 Å². The van der Waals surface area contributed by atoms with Crippen molar-refractivity contribution in [2.75, 3.05) is 0 Å². The van der Waals surface area contributed by atoms with Gasteiger partial charge >= 0.3 is 0 Å². The van der Waals surface area contributed by atoms with Gasteiger partial charge in [0.05, 0.1) is 24.0 Å². The van der Waals surface area contributed by atoms with E-state index >= 15 is 0 Å². The third kappa shape index (κ3) is 4.97. The largest absolute Gasteiger partial charge is 0.300 e. The van der Waals surface area contributed by atoms with Crippen molar-refractivity contribution in [2.45, 2.75) is 51.4 Å². The fourth-order valence-corrected chi connectivity index (χ4v) is 3.04. The Morgan fingerprint density at radius 3 is 1.69 bits per heavy atom. The van der Waals surface area contributed by atoms with E-state index in [1.54, 1.807) is 12.4 Å². The van der Waals surface area contributed by atoms with Gasteiger partial charge in [-0.05, 0) is 49.9 Å². The van der Waals surface area contributed by atoms with Crippen LogP contribution >= 0.6 is 0 Å². The van der Waals surface area contributed by atoms with Crippen molar-refractivity contribution < 1.29 is 4.79 Å². The Labute approximate surface area is 154 Å². The predicted octanol–water partition coefficient (Wildman–Crippen LogP) is 4.14. The number of Topliss-reactive ketones (excluding diaryl/α,β-unsaturated/α-hetero) is 1. The number of carbonyl (C=O) groups excluding carboxylic acids is 1. The minimum atomic E-state index is -0.333. The van der Waals surface area contributed by atoms with Gasteiger partial charge in [-0.25, -0.2) is 0 Å². The Morgan fingerprint density at radius 2 is 1.35 bits per heavy atom. The summed E-state index contributed by atoms with van der Waals surface area (Å²) in [6, 6.07) is 11.9. The molecular weight excluding hydrogens is 324 g/mol. The van der Waals surface area contributed by atoms with Gasteiger partial charge in [0, 0.05) is 36.6 Å². The number of nitrogens with zero attached hydrogens (tertiary/aromatic N) is 4. The summed E-state index contributed by atoms with van der Waals surface area (Å²) in [5.74, 6) is -0.589. The van der Waals surface area contributed by atoms with Gasteiger partial charge in [-0.2, -0.15) is 10.5 Å². The van der Waals surface area contributed by atoms with E-state index in [0.717, 1.165) is 22.5 Å². The van der Waals surface area contributed by atoms with Crippen molar-refractivity contribution in [3.63, 3.8) is 0 Å². The minimum absolute atomic E-state index is 0.0774. The molecule has 26 heavy (non-hydrogen) atoms. The normalized spacial score (nSPS) is 12.6. The predicted molar refractivity (Wildman–Crippen MR) is 98.1 cm³/mol. The first kappa shape index (κ1) is 19.3. The standard InChI is InChI=1S/C21H22N4O/c1-15-20(5-3-11-24-15)17(13-22)7-9-19(26)10-8-18(14-23)21-6-4-12-25-16(21)2/h3-6,11-12,17-18H,7-10H2,1-2H3. The number of aromatic nitrogens is 2. The zero-order valence-electron chi connectivity index (χ0n) is 15.1. The number of ketones is 1. The fraction of sp³-hybridized carbons (Fsp3) is 0.381. The molecule has 0 N–H and O–H groups in total. The highest BCUT2D eigenvalue weighted by molar-refractivity contribution is 5.78. The lowest BCUT2D eigenvalue weighted by molar-refractivity contribution is -0.119. The van der Waals surface area contributed by atoms with Crippen LogP contribution in [-0.4, -0.2) is 15.8 Å². The number of aryl methyl sites for hydroxylation is 2. The van der Waals surface area contributed by atoms with Crippen LogP contribution < -0.4 is 0 Å². The molecule has 5 nitrogen and oxygen atoms in total. The molecule has 2 unspecified atom stereocenters. The number of hydrogen-bond donors (Lipinski definition) is 0. The first-order valence-corrected chi connectivity index (χ1v) is 8.70. The molecule has 2 atom stereocenters. The van der Waals surface area contributed by atoms with Crippen LogP contribution in [0.25, 0.3) is 0 Å². The molecule has 0 spiro atoms. The van der Waals surface area contributed by atoms with Gasteiger partial charge < -0.3 is 0 Å². The topological polar surface area (TPSA) is 90.4 Å². The van der Waals surface area contributed by atoms with Crippen molar-refractivity contribution in [2.24, 2.45) is 0 Å². The number of carbonyl (C=O) groups is 1. The summed E-state index contributed by atoms with van der Waals surface area (Å²) in [6.07, 6.45) is 5.01. The monoisotopic (exact) mass is 346 g/mol. The second kappa shape index (κ2) is 9.44. The number of pyridine rings is 2. The lowest BCUT2D eigenvalue weighted by Crippen LogP contribution is -2.07. The second-order valence-electron chi connectivity index (χ2n) is 6.34. The Morgan fingerprint density at radius 1 is 0.923 bits per heavy atom. The van der Waals surface area contributed by atoms with Crippen LogP contribution in [0.3, 0.4) is 0 Å². The molecule has 5 heteroatoms. The van der Waals surface area contributed by atoms with Crippen molar-refractivity contribution in [1.29, 1.82) is 10.5 Å². The van der Waals surface area contributed by atoms with Gasteiger partial charge in [-0.15, -0.1) is 0 Å². The summed E-state index contributed by atoms with van der Waals surface area (Å²) >= 11 is 0. The van der Waals surface area contributed by atoms with Gasteiger partial charge in [0.1, 0.15) is 5.78 Å². The molecule has 0 fully saturated rings. The van der Waals surface area contributed by atoms with E-state index in [-0.39, 0.29) is 17.6 Å². The van der Waals surface area contributed by atoms with Gasteiger partial charge in [0.25, 0.3) is 0 Å². The molecule has 0 radical (unpaired) electrons. The highest BCUT2D eigenvalue weighted by atomic mass is 16.1. The molecule has 2 heterocycles. The number of rotatable bonds is 8. The molecule has 2 aromatic rings. The number of hydrogen-bond acceptors (Lipinski definition) is 5. The number of nitriles is 2. The highest BCUT2D eigenvalue weighted by Gasteiger charge is 2.18.